The Bertz CT molecular complexity index is 285. The molecule has 2 fully saturated rings. The molecule has 1 aliphatic heterocycles. The third kappa shape index (κ3) is 2.10. The van der Waals surface area contributed by atoms with Crippen LogP contribution in [0.25, 0.3) is 0 Å². The highest BCUT2D eigenvalue weighted by Crippen LogP contribution is 2.44. The molecule has 3 heteroatoms. The second-order valence-electron chi connectivity index (χ2n) is 6.07. The third-order valence-electron chi connectivity index (χ3n) is 5.41. The van der Waals surface area contributed by atoms with Gasteiger partial charge in [0.1, 0.15) is 0 Å². The average Bonchev–Trinajstić information content (AvgIpc) is 2.59. The number of fused-ring (bicyclic) bond motifs is 2. The van der Waals surface area contributed by atoms with Gasteiger partial charge in [0.2, 0.25) is 0 Å². The van der Waals surface area contributed by atoms with Crippen molar-refractivity contribution in [2.24, 2.45) is 17.8 Å². The van der Waals surface area contributed by atoms with E-state index in [0.717, 1.165) is 38.8 Å². The number of aliphatic carboxylic acids is 1. The Morgan fingerprint density at radius 1 is 1.24 bits per heavy atom. The van der Waals surface area contributed by atoms with Gasteiger partial charge in [0.15, 0.2) is 0 Å². The molecule has 98 valence electrons. The maximum Gasteiger partial charge on any atom is 0.307 e. The number of carbonyl (C=O) groups is 1. The zero-order valence-corrected chi connectivity index (χ0v) is 11.3. The number of likely N-dealkylation sites (tertiary alicyclic amines) is 1. The Balaban J connectivity index is 2.12. The molecule has 1 heterocycles. The minimum absolute atomic E-state index is 0.0655. The summed E-state index contributed by atoms with van der Waals surface area (Å²) >= 11 is 0. The Hall–Kier alpha value is -0.570. The first-order chi connectivity index (χ1) is 8.01. The lowest BCUT2D eigenvalue weighted by Gasteiger charge is -2.46. The van der Waals surface area contributed by atoms with E-state index in [1.807, 2.05) is 0 Å². The second kappa shape index (κ2) is 4.60. The van der Waals surface area contributed by atoms with Crippen molar-refractivity contribution in [1.29, 1.82) is 0 Å². The highest BCUT2D eigenvalue weighted by Gasteiger charge is 2.48. The highest BCUT2D eigenvalue weighted by molar-refractivity contribution is 5.71. The summed E-state index contributed by atoms with van der Waals surface area (Å²) in [5, 5.41) is 9.30. The molecule has 3 nitrogen and oxygen atoms in total. The van der Waals surface area contributed by atoms with Crippen LogP contribution in [0.3, 0.4) is 0 Å². The van der Waals surface area contributed by atoms with Crippen LogP contribution in [0.1, 0.15) is 46.5 Å². The zero-order valence-electron chi connectivity index (χ0n) is 11.3. The maximum absolute atomic E-state index is 11.3. The van der Waals surface area contributed by atoms with Gasteiger partial charge >= 0.3 is 5.97 Å². The van der Waals surface area contributed by atoms with Crippen LogP contribution in [0.5, 0.6) is 0 Å². The predicted octanol–water partition coefficient (Wildman–Crippen LogP) is 2.61. The number of carboxylic acids is 1. The van der Waals surface area contributed by atoms with Gasteiger partial charge in [-0.25, -0.2) is 0 Å². The fourth-order valence-electron chi connectivity index (χ4n) is 3.76. The Labute approximate surface area is 104 Å². The molecule has 0 aromatic heterocycles. The van der Waals surface area contributed by atoms with Crippen LogP contribution in [0.4, 0.5) is 0 Å². The molecule has 0 aromatic carbocycles. The van der Waals surface area contributed by atoms with Crippen molar-refractivity contribution in [3.8, 4) is 0 Å². The first kappa shape index (κ1) is 12.9. The molecule has 2 unspecified atom stereocenters. The normalized spacial score (nSPS) is 33.9. The van der Waals surface area contributed by atoms with Gasteiger partial charge in [-0.15, -0.1) is 0 Å². The van der Waals surface area contributed by atoms with Gasteiger partial charge in [0, 0.05) is 18.6 Å². The summed E-state index contributed by atoms with van der Waals surface area (Å²) < 4.78 is 0. The third-order valence-corrected chi connectivity index (χ3v) is 5.41. The smallest absolute Gasteiger partial charge is 0.307 e. The van der Waals surface area contributed by atoms with E-state index >= 15 is 0 Å². The molecule has 0 amide bonds. The molecular formula is C14H25NO2. The molecule has 0 radical (unpaired) electrons. The van der Waals surface area contributed by atoms with E-state index in [1.54, 1.807) is 0 Å². The molecule has 2 rings (SSSR count). The molecule has 2 atom stereocenters. The molecule has 1 saturated carbocycles. The Morgan fingerprint density at radius 3 is 2.06 bits per heavy atom. The van der Waals surface area contributed by atoms with Crippen molar-refractivity contribution in [3.05, 3.63) is 0 Å². The van der Waals surface area contributed by atoms with Crippen LogP contribution in [0, 0.1) is 17.8 Å². The number of piperidine rings is 1. The van der Waals surface area contributed by atoms with Gasteiger partial charge in [-0.05, 0) is 44.4 Å². The lowest BCUT2D eigenvalue weighted by atomic mass is 9.81. The van der Waals surface area contributed by atoms with Gasteiger partial charge in [-0.3, -0.25) is 9.69 Å². The lowest BCUT2D eigenvalue weighted by Crippen LogP contribution is -2.54. The SMILES string of the molecule is CCC(C)(CC)N1CC2CCC(C1)C2C(=O)O. The van der Waals surface area contributed by atoms with Crippen LogP contribution in [0.15, 0.2) is 0 Å². The molecule has 1 aliphatic carbocycles. The van der Waals surface area contributed by atoms with E-state index in [1.165, 1.54) is 0 Å². The van der Waals surface area contributed by atoms with Crippen molar-refractivity contribution in [2.75, 3.05) is 13.1 Å². The fourth-order valence-corrected chi connectivity index (χ4v) is 3.76. The van der Waals surface area contributed by atoms with Crippen LogP contribution >= 0.6 is 0 Å². The maximum atomic E-state index is 11.3. The van der Waals surface area contributed by atoms with Crippen molar-refractivity contribution in [2.45, 2.75) is 52.0 Å². The summed E-state index contributed by atoms with van der Waals surface area (Å²) in [6.07, 6.45) is 4.53. The van der Waals surface area contributed by atoms with E-state index in [0.29, 0.717) is 11.8 Å². The van der Waals surface area contributed by atoms with Crippen molar-refractivity contribution < 1.29 is 9.90 Å². The van der Waals surface area contributed by atoms with Gasteiger partial charge in [-0.1, -0.05) is 13.8 Å². The summed E-state index contributed by atoms with van der Waals surface area (Å²) in [6.45, 7) is 8.80. The van der Waals surface area contributed by atoms with Gasteiger partial charge in [0.25, 0.3) is 0 Å². The summed E-state index contributed by atoms with van der Waals surface area (Å²) in [5.74, 6) is 0.156. The summed E-state index contributed by atoms with van der Waals surface area (Å²) in [7, 11) is 0. The fraction of sp³-hybridized carbons (Fsp3) is 0.929. The molecule has 1 saturated heterocycles. The topological polar surface area (TPSA) is 40.5 Å². The van der Waals surface area contributed by atoms with Crippen molar-refractivity contribution in [1.82, 2.24) is 4.90 Å². The summed E-state index contributed by atoms with van der Waals surface area (Å²) in [4.78, 5) is 13.9. The zero-order chi connectivity index (χ0) is 12.6. The molecule has 2 bridgehead atoms. The van der Waals surface area contributed by atoms with Gasteiger partial charge in [0.05, 0.1) is 5.92 Å². The Morgan fingerprint density at radius 2 is 1.71 bits per heavy atom. The van der Waals surface area contributed by atoms with Crippen LogP contribution in [-0.2, 0) is 4.79 Å². The van der Waals surface area contributed by atoms with Gasteiger partial charge in [-0.2, -0.15) is 0 Å². The van der Waals surface area contributed by atoms with Crippen LogP contribution in [0.2, 0.25) is 0 Å². The quantitative estimate of drug-likeness (QED) is 0.820. The molecular weight excluding hydrogens is 214 g/mol. The molecule has 1 N–H and O–H groups in total. The van der Waals surface area contributed by atoms with Crippen LogP contribution < -0.4 is 0 Å². The summed E-state index contributed by atoms with van der Waals surface area (Å²) in [5.41, 5.74) is 0.268. The second-order valence-corrected chi connectivity index (χ2v) is 6.07. The number of hydrogen-bond acceptors (Lipinski definition) is 2. The molecule has 2 aliphatic rings. The van der Waals surface area contributed by atoms with E-state index in [2.05, 4.69) is 25.7 Å². The largest absolute Gasteiger partial charge is 0.481 e. The minimum Gasteiger partial charge on any atom is -0.481 e. The van der Waals surface area contributed by atoms with E-state index < -0.39 is 5.97 Å². The Kier molecular flexibility index (Phi) is 3.48. The highest BCUT2D eigenvalue weighted by atomic mass is 16.4. The molecule has 0 aromatic rings. The van der Waals surface area contributed by atoms with E-state index in [-0.39, 0.29) is 11.5 Å². The standard InChI is InChI=1S/C14H25NO2/c1-4-14(3,5-2)15-8-10-6-7-11(9-15)12(10)13(16)17/h10-12H,4-9H2,1-3H3,(H,16,17). The van der Waals surface area contributed by atoms with Crippen molar-refractivity contribution >= 4 is 5.97 Å². The number of nitrogens with zero attached hydrogens (tertiary/aromatic N) is 1. The number of hydrogen-bond donors (Lipinski definition) is 1. The average molecular weight is 239 g/mol. The predicted molar refractivity (Wildman–Crippen MR) is 67.9 cm³/mol. The van der Waals surface area contributed by atoms with E-state index in [9.17, 15) is 9.90 Å². The van der Waals surface area contributed by atoms with Gasteiger partial charge < -0.3 is 5.11 Å². The summed E-state index contributed by atoms with van der Waals surface area (Å²) in [6, 6.07) is 0. The minimum atomic E-state index is -0.563. The van der Waals surface area contributed by atoms with E-state index in [4.69, 9.17) is 0 Å². The molecule has 17 heavy (non-hydrogen) atoms. The first-order valence-electron chi connectivity index (χ1n) is 6.99. The first-order valence-corrected chi connectivity index (χ1v) is 6.99. The number of rotatable bonds is 4. The van der Waals surface area contributed by atoms with Crippen molar-refractivity contribution in [3.63, 3.8) is 0 Å². The number of carboxylic acid groups (broad SMARTS) is 1. The monoisotopic (exact) mass is 239 g/mol. The van der Waals surface area contributed by atoms with Crippen LogP contribution in [-0.4, -0.2) is 34.6 Å². The molecule has 0 spiro atoms. The lowest BCUT2D eigenvalue weighted by molar-refractivity contribution is -0.147.